The second kappa shape index (κ2) is 9.83. The molecule has 8 nitrogen and oxygen atoms in total. The molecular formula is C18H16N4O4S2. The Morgan fingerprint density at radius 2 is 1.89 bits per heavy atom. The molecular weight excluding hydrogens is 400 g/mol. The number of carbonyl (C=O) groups is 2. The first-order valence-electron chi connectivity index (χ1n) is 8.14. The van der Waals surface area contributed by atoms with Crippen LogP contribution in [-0.4, -0.2) is 39.5 Å². The number of hydroxylamine groups is 1. The van der Waals surface area contributed by atoms with E-state index in [1.54, 1.807) is 42.1 Å². The van der Waals surface area contributed by atoms with Crippen molar-refractivity contribution in [3.63, 3.8) is 0 Å². The number of thioether (sulfide) groups is 1. The molecule has 0 radical (unpaired) electrons. The zero-order chi connectivity index (χ0) is 19.8. The molecule has 0 aliphatic rings. The van der Waals surface area contributed by atoms with Crippen molar-refractivity contribution in [2.24, 2.45) is 0 Å². The van der Waals surface area contributed by atoms with Gasteiger partial charge in [0.25, 0.3) is 5.91 Å². The quantitative estimate of drug-likeness (QED) is 0.235. The molecule has 0 atom stereocenters. The van der Waals surface area contributed by atoms with Gasteiger partial charge in [0, 0.05) is 28.2 Å². The molecule has 0 bridgehead atoms. The molecule has 0 saturated heterocycles. The third-order valence-electron chi connectivity index (χ3n) is 3.46. The van der Waals surface area contributed by atoms with Crippen LogP contribution in [0.3, 0.4) is 0 Å². The van der Waals surface area contributed by atoms with E-state index < -0.39 is 5.24 Å². The highest BCUT2D eigenvalue weighted by atomic mass is 32.2. The third kappa shape index (κ3) is 5.52. The number of nitrogens with one attached hydrogen (secondary N) is 2. The second-order valence-corrected chi connectivity index (χ2v) is 7.26. The largest absolute Gasteiger partial charge is 0.492 e. The fourth-order valence-corrected chi connectivity index (χ4v) is 3.45. The van der Waals surface area contributed by atoms with Crippen molar-refractivity contribution < 1.29 is 19.5 Å². The van der Waals surface area contributed by atoms with Gasteiger partial charge in [0.2, 0.25) is 0 Å². The zero-order valence-electron chi connectivity index (χ0n) is 14.5. The van der Waals surface area contributed by atoms with Crippen molar-refractivity contribution in [3.8, 4) is 17.0 Å². The minimum absolute atomic E-state index is 0.254. The van der Waals surface area contributed by atoms with E-state index in [1.165, 1.54) is 11.3 Å². The number of pyridine rings is 1. The number of hydrogen-bond donors (Lipinski definition) is 3. The number of carbonyl (C=O) groups excluding carboxylic acids is 2. The first kappa shape index (κ1) is 19.8. The Hall–Kier alpha value is -2.95. The minimum atomic E-state index is -0.564. The van der Waals surface area contributed by atoms with E-state index in [2.05, 4.69) is 15.3 Å². The average molecular weight is 416 g/mol. The fraction of sp³-hybridized carbons (Fsp3) is 0.111. The summed E-state index contributed by atoms with van der Waals surface area (Å²) in [6, 6.07) is 10.5. The van der Waals surface area contributed by atoms with Crippen LogP contribution < -0.4 is 15.5 Å². The lowest BCUT2D eigenvalue weighted by molar-refractivity contribution is 0.0946. The Balaban J connectivity index is 1.43. The second-order valence-electron chi connectivity index (χ2n) is 5.35. The molecule has 0 aliphatic carbocycles. The van der Waals surface area contributed by atoms with E-state index in [-0.39, 0.29) is 12.5 Å². The predicted octanol–water partition coefficient (Wildman–Crippen LogP) is 3.20. The van der Waals surface area contributed by atoms with Gasteiger partial charge in [-0.3, -0.25) is 19.8 Å². The molecule has 0 saturated carbocycles. The van der Waals surface area contributed by atoms with E-state index in [0.29, 0.717) is 22.2 Å². The number of benzene rings is 1. The van der Waals surface area contributed by atoms with Crippen LogP contribution in [0.15, 0.2) is 59.1 Å². The number of amides is 2. The van der Waals surface area contributed by atoms with Gasteiger partial charge in [0.05, 0.1) is 12.2 Å². The van der Waals surface area contributed by atoms with Crippen molar-refractivity contribution in [2.45, 2.75) is 4.90 Å². The first-order valence-corrected chi connectivity index (χ1v) is 9.84. The molecule has 10 heteroatoms. The molecule has 2 amide bonds. The average Bonchev–Trinajstić information content (AvgIpc) is 3.23. The number of thiazole rings is 1. The van der Waals surface area contributed by atoms with Gasteiger partial charge in [-0.15, -0.1) is 11.3 Å². The molecule has 0 aliphatic heterocycles. The maximum absolute atomic E-state index is 12.2. The lowest BCUT2D eigenvalue weighted by Crippen LogP contribution is -2.28. The maximum atomic E-state index is 12.2. The summed E-state index contributed by atoms with van der Waals surface area (Å²) in [4.78, 5) is 32.2. The number of ether oxygens (including phenoxy) is 1. The van der Waals surface area contributed by atoms with Gasteiger partial charge in [-0.25, -0.2) is 10.5 Å². The molecule has 3 N–H and O–H groups in total. The fourth-order valence-electron chi connectivity index (χ4n) is 2.18. The lowest BCUT2D eigenvalue weighted by Gasteiger charge is -2.07. The van der Waals surface area contributed by atoms with E-state index in [0.717, 1.165) is 23.0 Å². The highest BCUT2D eigenvalue weighted by molar-refractivity contribution is 8.13. The topological polar surface area (TPSA) is 113 Å². The van der Waals surface area contributed by atoms with E-state index in [9.17, 15) is 9.59 Å². The van der Waals surface area contributed by atoms with Crippen molar-refractivity contribution in [2.75, 3.05) is 13.2 Å². The summed E-state index contributed by atoms with van der Waals surface area (Å²) in [5.41, 5.74) is 3.20. The molecule has 0 fully saturated rings. The van der Waals surface area contributed by atoms with Crippen LogP contribution in [0, 0.1) is 0 Å². The molecule has 0 unspecified atom stereocenters. The van der Waals surface area contributed by atoms with Gasteiger partial charge in [0.15, 0.2) is 5.01 Å². The summed E-state index contributed by atoms with van der Waals surface area (Å²) in [5.74, 6) is 0.355. The van der Waals surface area contributed by atoms with Crippen LogP contribution >= 0.6 is 23.1 Å². The smallest absolute Gasteiger partial charge is 0.307 e. The van der Waals surface area contributed by atoms with Gasteiger partial charge >= 0.3 is 5.24 Å². The first-order chi connectivity index (χ1) is 13.7. The van der Waals surface area contributed by atoms with Crippen LogP contribution in [-0.2, 0) is 0 Å². The standard InChI is InChI=1S/C18H16N4O4S2/c23-16(17-21-15(11-27-17)12-5-7-19-8-6-12)20-9-10-26-13-1-3-14(4-2-13)28-18(24)22-25/h1-8,11,25H,9-10H2,(H,20,23)(H,22,24). The number of hydrogen-bond acceptors (Lipinski definition) is 8. The summed E-state index contributed by atoms with van der Waals surface area (Å²) in [6.45, 7) is 0.615. The zero-order valence-corrected chi connectivity index (χ0v) is 16.1. The summed E-state index contributed by atoms with van der Waals surface area (Å²) < 4.78 is 5.56. The van der Waals surface area contributed by atoms with E-state index >= 15 is 0 Å². The van der Waals surface area contributed by atoms with Crippen LogP contribution in [0.1, 0.15) is 9.80 Å². The normalized spacial score (nSPS) is 10.3. The van der Waals surface area contributed by atoms with Crippen LogP contribution in [0.25, 0.3) is 11.3 Å². The molecule has 3 aromatic rings. The van der Waals surface area contributed by atoms with Crippen LogP contribution in [0.5, 0.6) is 5.75 Å². The number of nitrogens with zero attached hydrogens (tertiary/aromatic N) is 2. The molecule has 2 heterocycles. The molecule has 2 aromatic heterocycles. The predicted molar refractivity (Wildman–Crippen MR) is 106 cm³/mol. The number of rotatable bonds is 7. The third-order valence-corrected chi connectivity index (χ3v) is 5.08. The number of aromatic nitrogens is 2. The van der Waals surface area contributed by atoms with Gasteiger partial charge in [0.1, 0.15) is 12.4 Å². The summed E-state index contributed by atoms with van der Waals surface area (Å²) in [6.07, 6.45) is 3.36. The highest BCUT2D eigenvalue weighted by Crippen LogP contribution is 2.22. The van der Waals surface area contributed by atoms with Gasteiger partial charge in [-0.05, 0) is 48.2 Å². The molecule has 0 spiro atoms. The minimum Gasteiger partial charge on any atom is -0.492 e. The molecule has 3 rings (SSSR count). The van der Waals surface area contributed by atoms with Crippen molar-refractivity contribution in [1.82, 2.24) is 20.8 Å². The van der Waals surface area contributed by atoms with Gasteiger partial charge < -0.3 is 10.1 Å². The van der Waals surface area contributed by atoms with E-state index in [4.69, 9.17) is 9.94 Å². The molecule has 1 aromatic carbocycles. The Morgan fingerprint density at radius 3 is 2.61 bits per heavy atom. The van der Waals surface area contributed by atoms with Crippen molar-refractivity contribution in [3.05, 3.63) is 59.2 Å². The Bertz CT molecular complexity index is 932. The van der Waals surface area contributed by atoms with E-state index in [1.807, 2.05) is 17.5 Å². The summed E-state index contributed by atoms with van der Waals surface area (Å²) in [7, 11) is 0. The monoisotopic (exact) mass is 416 g/mol. The summed E-state index contributed by atoms with van der Waals surface area (Å²) >= 11 is 2.14. The Labute approximate surface area is 168 Å². The van der Waals surface area contributed by atoms with Crippen molar-refractivity contribution >= 4 is 34.2 Å². The Kier molecular flexibility index (Phi) is 6.95. The highest BCUT2D eigenvalue weighted by Gasteiger charge is 2.11. The SMILES string of the molecule is O=C(NO)Sc1ccc(OCCNC(=O)c2nc(-c3ccncc3)cs2)cc1. The van der Waals surface area contributed by atoms with Gasteiger partial charge in [-0.2, -0.15) is 0 Å². The summed E-state index contributed by atoms with van der Waals surface area (Å²) in [5, 5.41) is 12.9. The van der Waals surface area contributed by atoms with Gasteiger partial charge in [-0.1, -0.05) is 0 Å². The lowest BCUT2D eigenvalue weighted by atomic mass is 10.2. The maximum Gasteiger partial charge on any atom is 0.307 e. The van der Waals surface area contributed by atoms with Crippen molar-refractivity contribution in [1.29, 1.82) is 0 Å². The molecule has 144 valence electrons. The van der Waals surface area contributed by atoms with Crippen LogP contribution in [0.4, 0.5) is 4.79 Å². The van der Waals surface area contributed by atoms with Crippen LogP contribution in [0.2, 0.25) is 0 Å². The Morgan fingerprint density at radius 1 is 1.14 bits per heavy atom. The molecule has 28 heavy (non-hydrogen) atoms.